The van der Waals surface area contributed by atoms with Crippen LogP contribution in [0.25, 0.3) is 0 Å². The average Bonchev–Trinajstić information content (AvgIpc) is 2.38. The molecule has 3 N–H and O–H groups in total. The molecular weight excluding hydrogens is 328 g/mol. The molecule has 5 heteroatoms. The van der Waals surface area contributed by atoms with E-state index in [-0.39, 0.29) is 5.84 Å². The molecule has 0 spiro atoms. The van der Waals surface area contributed by atoms with Crippen LogP contribution in [-0.4, -0.2) is 5.84 Å². The maximum Gasteiger partial charge on any atom is 0.138 e. The number of hydrogen-bond donors (Lipinski definition) is 2. The molecular formula is C14H12BrClN2O. The summed E-state index contributed by atoms with van der Waals surface area (Å²) in [7, 11) is 0. The number of rotatable bonds is 4. The third-order valence-electron chi connectivity index (χ3n) is 2.58. The van der Waals surface area contributed by atoms with E-state index in [0.717, 1.165) is 10.0 Å². The Bertz CT molecular complexity index is 616. The molecule has 0 aliphatic carbocycles. The molecule has 3 nitrogen and oxygen atoms in total. The number of hydrogen-bond acceptors (Lipinski definition) is 2. The van der Waals surface area contributed by atoms with Gasteiger partial charge >= 0.3 is 0 Å². The minimum atomic E-state index is 0.0288. The third-order valence-corrected chi connectivity index (χ3v) is 3.37. The van der Waals surface area contributed by atoms with Crippen LogP contribution < -0.4 is 10.5 Å². The molecule has 0 bridgehead atoms. The second-order valence-corrected chi connectivity index (χ2v) is 5.26. The monoisotopic (exact) mass is 338 g/mol. The number of ether oxygens (including phenoxy) is 1. The summed E-state index contributed by atoms with van der Waals surface area (Å²) in [4.78, 5) is 0. The van der Waals surface area contributed by atoms with E-state index < -0.39 is 0 Å². The van der Waals surface area contributed by atoms with E-state index in [0.29, 0.717) is 22.9 Å². The van der Waals surface area contributed by atoms with Gasteiger partial charge < -0.3 is 10.5 Å². The van der Waals surface area contributed by atoms with Crippen molar-refractivity contribution in [3.05, 3.63) is 63.1 Å². The molecule has 0 saturated heterocycles. The summed E-state index contributed by atoms with van der Waals surface area (Å²) in [5.74, 6) is 0.629. The summed E-state index contributed by atoms with van der Waals surface area (Å²) in [5, 5.41) is 8.06. The van der Waals surface area contributed by atoms with Gasteiger partial charge in [0.2, 0.25) is 0 Å². The molecule has 0 saturated carbocycles. The largest absolute Gasteiger partial charge is 0.487 e. The third kappa shape index (κ3) is 3.49. The molecule has 0 amide bonds. The number of nitrogens with one attached hydrogen (secondary N) is 1. The Morgan fingerprint density at radius 1 is 1.26 bits per heavy atom. The van der Waals surface area contributed by atoms with Gasteiger partial charge in [-0.15, -0.1) is 0 Å². The minimum absolute atomic E-state index is 0.0288. The zero-order valence-corrected chi connectivity index (χ0v) is 12.3. The molecule has 0 unspecified atom stereocenters. The highest BCUT2D eigenvalue weighted by molar-refractivity contribution is 9.10. The molecule has 2 aromatic carbocycles. The highest BCUT2D eigenvalue weighted by atomic mass is 79.9. The van der Waals surface area contributed by atoms with Crippen molar-refractivity contribution in [1.29, 1.82) is 5.41 Å². The van der Waals surface area contributed by atoms with Crippen LogP contribution in [0.1, 0.15) is 11.1 Å². The van der Waals surface area contributed by atoms with E-state index in [1.54, 1.807) is 18.2 Å². The van der Waals surface area contributed by atoms with Gasteiger partial charge in [0.1, 0.15) is 18.2 Å². The van der Waals surface area contributed by atoms with E-state index in [2.05, 4.69) is 15.9 Å². The Morgan fingerprint density at radius 2 is 2.00 bits per heavy atom. The lowest BCUT2D eigenvalue weighted by atomic mass is 10.1. The van der Waals surface area contributed by atoms with Gasteiger partial charge in [0, 0.05) is 15.6 Å². The summed E-state index contributed by atoms with van der Waals surface area (Å²) >= 11 is 9.41. The van der Waals surface area contributed by atoms with E-state index in [1.165, 1.54) is 0 Å². The Balaban J connectivity index is 2.17. The topological polar surface area (TPSA) is 59.1 Å². The molecule has 2 rings (SSSR count). The molecule has 0 fully saturated rings. The Labute approximate surface area is 125 Å². The van der Waals surface area contributed by atoms with Gasteiger partial charge in [-0.3, -0.25) is 5.41 Å². The zero-order chi connectivity index (χ0) is 13.8. The van der Waals surface area contributed by atoms with Crippen molar-refractivity contribution < 1.29 is 4.74 Å². The lowest BCUT2D eigenvalue weighted by Crippen LogP contribution is -2.14. The predicted molar refractivity (Wildman–Crippen MR) is 80.9 cm³/mol. The zero-order valence-electron chi connectivity index (χ0n) is 9.99. The van der Waals surface area contributed by atoms with Crippen molar-refractivity contribution in [3.8, 4) is 5.75 Å². The van der Waals surface area contributed by atoms with Crippen LogP contribution in [0.3, 0.4) is 0 Å². The molecule has 0 aromatic heterocycles. The number of halogens is 2. The maximum atomic E-state index is 7.52. The van der Waals surface area contributed by atoms with E-state index in [1.807, 2.05) is 24.3 Å². The molecule has 2 aromatic rings. The van der Waals surface area contributed by atoms with Crippen molar-refractivity contribution >= 4 is 33.4 Å². The van der Waals surface area contributed by atoms with Crippen molar-refractivity contribution in [2.45, 2.75) is 6.61 Å². The fourth-order valence-electron chi connectivity index (χ4n) is 1.66. The predicted octanol–water partition coefficient (Wildman–Crippen LogP) is 3.97. The van der Waals surface area contributed by atoms with Crippen LogP contribution >= 0.6 is 27.5 Å². The van der Waals surface area contributed by atoms with Gasteiger partial charge in [-0.25, -0.2) is 0 Å². The molecule has 98 valence electrons. The lowest BCUT2D eigenvalue weighted by Gasteiger charge is -2.11. The second-order valence-electron chi connectivity index (χ2n) is 3.93. The van der Waals surface area contributed by atoms with Gasteiger partial charge in [0.25, 0.3) is 0 Å². The molecule has 0 aliphatic rings. The first-order valence-electron chi connectivity index (χ1n) is 5.58. The molecule has 0 aliphatic heterocycles. The van der Waals surface area contributed by atoms with Gasteiger partial charge in [-0.2, -0.15) is 0 Å². The summed E-state index contributed by atoms with van der Waals surface area (Å²) in [6, 6.07) is 12.8. The van der Waals surface area contributed by atoms with Crippen LogP contribution in [0.4, 0.5) is 0 Å². The van der Waals surface area contributed by atoms with Gasteiger partial charge in [0.15, 0.2) is 0 Å². The summed E-state index contributed by atoms with van der Waals surface area (Å²) in [6.45, 7) is 0.317. The number of nitrogens with two attached hydrogens (primary N) is 1. The smallest absolute Gasteiger partial charge is 0.138 e. The van der Waals surface area contributed by atoms with E-state index in [9.17, 15) is 0 Å². The van der Waals surface area contributed by atoms with Crippen LogP contribution in [-0.2, 0) is 6.61 Å². The van der Waals surface area contributed by atoms with Gasteiger partial charge in [-0.1, -0.05) is 51.8 Å². The van der Waals surface area contributed by atoms with Crippen LogP contribution in [0.5, 0.6) is 5.75 Å². The van der Waals surface area contributed by atoms with Crippen molar-refractivity contribution in [2.75, 3.05) is 0 Å². The fourth-order valence-corrected chi connectivity index (χ4v) is 2.38. The van der Waals surface area contributed by atoms with Crippen molar-refractivity contribution in [2.24, 2.45) is 5.73 Å². The quantitative estimate of drug-likeness (QED) is 0.654. The first-order chi connectivity index (χ1) is 9.08. The Hall–Kier alpha value is -1.52. The number of benzene rings is 2. The highest BCUT2D eigenvalue weighted by Crippen LogP contribution is 2.28. The molecule has 0 radical (unpaired) electrons. The number of amidine groups is 1. The SMILES string of the molecule is N=C(N)c1ccccc1COc1ccc(Br)cc1Cl. The maximum absolute atomic E-state index is 7.52. The summed E-state index contributed by atoms with van der Waals surface area (Å²) < 4.78 is 6.56. The minimum Gasteiger partial charge on any atom is -0.487 e. The lowest BCUT2D eigenvalue weighted by molar-refractivity contribution is 0.306. The second kappa shape index (κ2) is 6.08. The Kier molecular flexibility index (Phi) is 4.45. The van der Waals surface area contributed by atoms with Gasteiger partial charge in [0.05, 0.1) is 5.02 Å². The summed E-state index contributed by atoms with van der Waals surface area (Å²) in [5.41, 5.74) is 7.06. The molecule has 19 heavy (non-hydrogen) atoms. The molecule has 0 atom stereocenters. The fraction of sp³-hybridized carbons (Fsp3) is 0.0714. The number of nitrogen functional groups attached to an aromatic ring is 1. The summed E-state index contributed by atoms with van der Waals surface area (Å²) in [6.07, 6.45) is 0. The Morgan fingerprint density at radius 3 is 2.68 bits per heavy atom. The van der Waals surface area contributed by atoms with Crippen molar-refractivity contribution in [1.82, 2.24) is 0 Å². The standard InChI is InChI=1S/C14H12BrClN2O/c15-10-5-6-13(12(16)7-10)19-8-9-3-1-2-4-11(9)14(17)18/h1-7H,8H2,(H3,17,18). The average molecular weight is 340 g/mol. The van der Waals surface area contributed by atoms with E-state index >= 15 is 0 Å². The van der Waals surface area contributed by atoms with Crippen molar-refractivity contribution in [3.63, 3.8) is 0 Å². The van der Waals surface area contributed by atoms with Crippen LogP contribution in [0, 0.1) is 5.41 Å². The van der Waals surface area contributed by atoms with Crippen LogP contribution in [0.2, 0.25) is 5.02 Å². The highest BCUT2D eigenvalue weighted by Gasteiger charge is 2.07. The first kappa shape index (κ1) is 13.9. The normalized spacial score (nSPS) is 10.2. The first-order valence-corrected chi connectivity index (χ1v) is 6.75. The molecule has 0 heterocycles. The van der Waals surface area contributed by atoms with Crippen LogP contribution in [0.15, 0.2) is 46.9 Å². The van der Waals surface area contributed by atoms with Gasteiger partial charge in [-0.05, 0) is 18.2 Å². The van der Waals surface area contributed by atoms with E-state index in [4.69, 9.17) is 27.5 Å².